The van der Waals surface area contributed by atoms with Gasteiger partial charge in [0.2, 0.25) is 6.43 Å². The highest BCUT2D eigenvalue weighted by atomic mass is 19.3. The molecule has 0 fully saturated rings. The summed E-state index contributed by atoms with van der Waals surface area (Å²) in [7, 11) is 1.18. The maximum absolute atomic E-state index is 11.6. The van der Waals surface area contributed by atoms with Crippen molar-refractivity contribution in [2.45, 2.75) is 32.1 Å². The summed E-state index contributed by atoms with van der Waals surface area (Å²) in [5, 5.41) is 0. The average molecular weight is 194 g/mol. The lowest BCUT2D eigenvalue weighted by molar-refractivity contribution is -0.143. The van der Waals surface area contributed by atoms with Crippen LogP contribution in [0.25, 0.3) is 0 Å². The second kappa shape index (κ2) is 6.51. The molecular formula is C8H12F2O3. The van der Waals surface area contributed by atoms with E-state index < -0.39 is 12.4 Å². The third-order valence-corrected chi connectivity index (χ3v) is 1.45. The number of carbonyl (C=O) groups is 2. The highest BCUT2D eigenvalue weighted by molar-refractivity contribution is 5.95. The molecule has 0 heterocycles. The minimum Gasteiger partial charge on any atom is -0.469 e. The number of carbonyl (C=O) groups excluding carboxylic acids is 2. The minimum atomic E-state index is -2.38. The van der Waals surface area contributed by atoms with Crippen molar-refractivity contribution in [1.82, 2.24) is 0 Å². The van der Waals surface area contributed by atoms with Crippen molar-refractivity contribution in [1.29, 1.82) is 0 Å². The summed E-state index contributed by atoms with van der Waals surface area (Å²) in [6, 6.07) is 0. The molecule has 0 unspecified atom stereocenters. The zero-order chi connectivity index (χ0) is 10.3. The van der Waals surface area contributed by atoms with E-state index in [4.69, 9.17) is 0 Å². The van der Waals surface area contributed by atoms with E-state index in [9.17, 15) is 18.4 Å². The Hall–Kier alpha value is -1.00. The van der Waals surface area contributed by atoms with Crippen LogP contribution in [0.4, 0.5) is 8.78 Å². The topological polar surface area (TPSA) is 43.4 Å². The first kappa shape index (κ1) is 12.0. The molecule has 5 heteroatoms. The monoisotopic (exact) mass is 194 g/mol. The number of ether oxygens (including phenoxy) is 1. The summed E-state index contributed by atoms with van der Waals surface area (Å²) < 4.78 is 27.5. The van der Waals surface area contributed by atoms with Crippen LogP contribution in [0.5, 0.6) is 0 Å². The predicted octanol–water partition coefficient (Wildman–Crippen LogP) is 1.55. The molecule has 0 atom stereocenters. The summed E-state index contributed by atoms with van der Waals surface area (Å²) in [5.41, 5.74) is 0. The number of alkyl halides is 2. The van der Waals surface area contributed by atoms with Crippen LogP contribution in [0.3, 0.4) is 0 Å². The molecule has 0 aromatic heterocycles. The zero-order valence-electron chi connectivity index (χ0n) is 7.39. The van der Waals surface area contributed by atoms with Crippen LogP contribution in [-0.2, 0) is 14.3 Å². The van der Waals surface area contributed by atoms with Crippen molar-refractivity contribution in [3.05, 3.63) is 0 Å². The molecule has 0 bridgehead atoms. The average Bonchev–Trinajstić information content (AvgIpc) is 2.03. The number of ketones is 1. The first-order chi connectivity index (χ1) is 6.06. The van der Waals surface area contributed by atoms with Gasteiger partial charge in [0.15, 0.2) is 0 Å². The molecule has 13 heavy (non-hydrogen) atoms. The quantitative estimate of drug-likeness (QED) is 0.476. The van der Waals surface area contributed by atoms with Gasteiger partial charge in [0, 0.05) is 12.8 Å². The van der Waals surface area contributed by atoms with Gasteiger partial charge in [-0.15, -0.1) is 0 Å². The Labute approximate surface area is 75.1 Å². The molecule has 0 aliphatic carbocycles. The molecule has 0 aliphatic rings. The number of methoxy groups -OCH3 is 1. The lowest BCUT2D eigenvalue weighted by atomic mass is 10.1. The van der Waals surface area contributed by atoms with Gasteiger partial charge in [0.05, 0.1) is 7.11 Å². The number of Topliss-reactive ketones (excluding diaryl/α,β-unsaturated/α-hetero) is 1. The highest BCUT2D eigenvalue weighted by Crippen LogP contribution is 2.07. The molecule has 0 aromatic rings. The van der Waals surface area contributed by atoms with E-state index in [1.165, 1.54) is 7.11 Å². The number of esters is 1. The normalized spacial score (nSPS) is 10.2. The number of rotatable bonds is 6. The smallest absolute Gasteiger partial charge is 0.313 e. The third kappa shape index (κ3) is 7.36. The molecule has 0 rings (SSSR count). The lowest BCUT2D eigenvalue weighted by Gasteiger charge is -1.99. The van der Waals surface area contributed by atoms with Crippen molar-refractivity contribution < 1.29 is 23.1 Å². The molecule has 0 aliphatic heterocycles. The molecule has 0 saturated carbocycles. The molecule has 0 N–H and O–H groups in total. The van der Waals surface area contributed by atoms with Crippen LogP contribution in [-0.4, -0.2) is 25.3 Å². The van der Waals surface area contributed by atoms with Gasteiger partial charge >= 0.3 is 5.97 Å². The molecule has 0 saturated heterocycles. The van der Waals surface area contributed by atoms with E-state index >= 15 is 0 Å². The summed E-state index contributed by atoms with van der Waals surface area (Å²) in [6.07, 6.45) is -2.87. The first-order valence-electron chi connectivity index (χ1n) is 3.93. The molecule has 0 aromatic carbocycles. The Morgan fingerprint density at radius 1 is 1.38 bits per heavy atom. The van der Waals surface area contributed by atoms with Crippen LogP contribution in [0.15, 0.2) is 0 Å². The SMILES string of the molecule is COC(=O)CC(=O)CCCC(F)F. The fraction of sp³-hybridized carbons (Fsp3) is 0.750. The van der Waals surface area contributed by atoms with Crippen LogP contribution in [0.2, 0.25) is 0 Å². The Balaban J connectivity index is 3.46. The molecule has 76 valence electrons. The van der Waals surface area contributed by atoms with Gasteiger partial charge in [-0.05, 0) is 6.42 Å². The Morgan fingerprint density at radius 2 is 2.00 bits per heavy atom. The summed E-state index contributed by atoms with van der Waals surface area (Å²) in [5.74, 6) is -0.977. The number of halogens is 2. The van der Waals surface area contributed by atoms with Crippen LogP contribution < -0.4 is 0 Å². The van der Waals surface area contributed by atoms with Crippen molar-refractivity contribution in [3.63, 3.8) is 0 Å². The van der Waals surface area contributed by atoms with Crippen LogP contribution >= 0.6 is 0 Å². The number of hydrogen-bond donors (Lipinski definition) is 0. The Kier molecular flexibility index (Phi) is 6.01. The molecule has 0 spiro atoms. The summed E-state index contributed by atoms with van der Waals surface area (Å²) >= 11 is 0. The van der Waals surface area contributed by atoms with Gasteiger partial charge in [0.1, 0.15) is 12.2 Å². The largest absolute Gasteiger partial charge is 0.469 e. The van der Waals surface area contributed by atoms with Gasteiger partial charge in [-0.3, -0.25) is 9.59 Å². The van der Waals surface area contributed by atoms with E-state index in [2.05, 4.69) is 4.74 Å². The standard InChI is InChI=1S/C8H12F2O3/c1-13-8(12)5-6(11)3-2-4-7(9)10/h7H,2-5H2,1H3. The van der Waals surface area contributed by atoms with Gasteiger partial charge in [-0.2, -0.15) is 0 Å². The highest BCUT2D eigenvalue weighted by Gasteiger charge is 2.10. The lowest BCUT2D eigenvalue weighted by Crippen LogP contribution is -2.09. The third-order valence-electron chi connectivity index (χ3n) is 1.45. The van der Waals surface area contributed by atoms with E-state index in [1.807, 2.05) is 0 Å². The van der Waals surface area contributed by atoms with Gasteiger partial charge in [0.25, 0.3) is 0 Å². The molecule has 0 amide bonds. The second-order valence-corrected chi connectivity index (χ2v) is 2.57. The van der Waals surface area contributed by atoms with Crippen LogP contribution in [0, 0.1) is 0 Å². The minimum absolute atomic E-state index is 0.0133. The van der Waals surface area contributed by atoms with Gasteiger partial charge < -0.3 is 4.74 Å². The summed E-state index contributed by atoms with van der Waals surface area (Å²) in [6.45, 7) is 0. The van der Waals surface area contributed by atoms with E-state index in [-0.39, 0.29) is 31.5 Å². The maximum Gasteiger partial charge on any atom is 0.313 e. The zero-order valence-corrected chi connectivity index (χ0v) is 7.39. The number of hydrogen-bond acceptors (Lipinski definition) is 3. The first-order valence-corrected chi connectivity index (χ1v) is 3.93. The van der Waals surface area contributed by atoms with Crippen molar-refractivity contribution >= 4 is 11.8 Å². The maximum atomic E-state index is 11.6. The molecule has 3 nitrogen and oxygen atoms in total. The molecular weight excluding hydrogens is 182 g/mol. The van der Waals surface area contributed by atoms with Gasteiger partial charge in [-0.25, -0.2) is 8.78 Å². The van der Waals surface area contributed by atoms with Crippen molar-refractivity contribution in [3.8, 4) is 0 Å². The fourth-order valence-corrected chi connectivity index (χ4v) is 0.775. The predicted molar refractivity (Wildman–Crippen MR) is 41.5 cm³/mol. The second-order valence-electron chi connectivity index (χ2n) is 2.57. The van der Waals surface area contributed by atoms with E-state index in [1.54, 1.807) is 0 Å². The van der Waals surface area contributed by atoms with E-state index in [0.29, 0.717) is 0 Å². The van der Waals surface area contributed by atoms with Crippen molar-refractivity contribution in [2.75, 3.05) is 7.11 Å². The summed E-state index contributed by atoms with van der Waals surface area (Å²) in [4.78, 5) is 21.4. The van der Waals surface area contributed by atoms with Crippen molar-refractivity contribution in [2.24, 2.45) is 0 Å². The Morgan fingerprint density at radius 3 is 2.46 bits per heavy atom. The van der Waals surface area contributed by atoms with E-state index in [0.717, 1.165) is 0 Å². The Bertz CT molecular complexity index is 180. The fourth-order valence-electron chi connectivity index (χ4n) is 0.775. The molecule has 0 radical (unpaired) electrons. The van der Waals surface area contributed by atoms with Gasteiger partial charge in [-0.1, -0.05) is 0 Å². The van der Waals surface area contributed by atoms with Crippen LogP contribution in [0.1, 0.15) is 25.7 Å².